The molecule has 0 aromatic heterocycles. The van der Waals surface area contributed by atoms with Crippen LogP contribution in [0.15, 0.2) is 0 Å². The highest BCUT2D eigenvalue weighted by atomic mass is 16.3. The molecule has 2 heterocycles. The van der Waals surface area contributed by atoms with Crippen molar-refractivity contribution in [3.63, 3.8) is 0 Å². The first-order valence-electron chi connectivity index (χ1n) is 7.40. The Balaban J connectivity index is 1.97. The lowest BCUT2D eigenvalue weighted by molar-refractivity contribution is 0.0670. The monoisotopic (exact) mass is 240 g/mol. The molecule has 0 aromatic carbocycles. The van der Waals surface area contributed by atoms with Crippen LogP contribution < -0.4 is 5.32 Å². The van der Waals surface area contributed by atoms with Crippen LogP contribution in [-0.4, -0.2) is 48.3 Å². The molecule has 2 N–H and O–H groups in total. The number of β-amino-alcohol motifs (C(OH)–C–C–N with tert-alkyl or cyclic N) is 1. The van der Waals surface area contributed by atoms with E-state index in [0.29, 0.717) is 0 Å². The van der Waals surface area contributed by atoms with Gasteiger partial charge in [0.25, 0.3) is 0 Å². The van der Waals surface area contributed by atoms with Gasteiger partial charge in [-0.25, -0.2) is 0 Å². The number of nitrogens with zero attached hydrogens (tertiary/aromatic N) is 1. The molecule has 2 aliphatic rings. The van der Waals surface area contributed by atoms with E-state index in [2.05, 4.69) is 10.2 Å². The van der Waals surface area contributed by atoms with Gasteiger partial charge in [-0.05, 0) is 58.2 Å². The number of aliphatic hydroxyl groups excluding tert-OH is 1. The van der Waals surface area contributed by atoms with Crippen LogP contribution in [-0.2, 0) is 0 Å². The summed E-state index contributed by atoms with van der Waals surface area (Å²) in [5.74, 6) is 0.855. The second-order valence-corrected chi connectivity index (χ2v) is 5.85. The third-order valence-electron chi connectivity index (χ3n) is 4.34. The van der Waals surface area contributed by atoms with Gasteiger partial charge in [0.1, 0.15) is 0 Å². The Morgan fingerprint density at radius 1 is 1.18 bits per heavy atom. The van der Waals surface area contributed by atoms with Crippen LogP contribution in [0, 0.1) is 5.92 Å². The van der Waals surface area contributed by atoms with Crippen molar-refractivity contribution in [1.29, 1.82) is 0 Å². The molecule has 2 rings (SSSR count). The van der Waals surface area contributed by atoms with Crippen LogP contribution in [0.3, 0.4) is 0 Å². The van der Waals surface area contributed by atoms with E-state index in [1.807, 2.05) is 6.92 Å². The molecule has 2 aliphatic heterocycles. The predicted octanol–water partition coefficient (Wildman–Crippen LogP) is 1.61. The minimum atomic E-state index is -0.183. The molecule has 0 spiro atoms. The summed E-state index contributed by atoms with van der Waals surface area (Å²) in [4.78, 5) is 2.58. The highest BCUT2D eigenvalue weighted by molar-refractivity contribution is 4.85. The van der Waals surface area contributed by atoms with Crippen LogP contribution >= 0.6 is 0 Å². The van der Waals surface area contributed by atoms with Gasteiger partial charge in [0.15, 0.2) is 0 Å². The van der Waals surface area contributed by atoms with Gasteiger partial charge in [-0.3, -0.25) is 4.90 Å². The lowest BCUT2D eigenvalue weighted by Crippen LogP contribution is -2.46. The van der Waals surface area contributed by atoms with E-state index < -0.39 is 0 Å². The molecule has 2 unspecified atom stereocenters. The maximum atomic E-state index is 9.66. The highest BCUT2D eigenvalue weighted by Crippen LogP contribution is 2.28. The minimum absolute atomic E-state index is 0.183. The summed E-state index contributed by atoms with van der Waals surface area (Å²) in [6.07, 6.45) is 7.87. The van der Waals surface area contributed by atoms with Gasteiger partial charge < -0.3 is 10.4 Å². The highest BCUT2D eigenvalue weighted by Gasteiger charge is 2.29. The maximum Gasteiger partial charge on any atom is 0.0639 e. The molecule has 2 fully saturated rings. The SMILES string of the molecule is CC(O)CN1CCCCCC1C1CCNCC1. The van der Waals surface area contributed by atoms with Crippen molar-refractivity contribution in [1.82, 2.24) is 10.2 Å². The molecular weight excluding hydrogens is 212 g/mol. The molecule has 0 aliphatic carbocycles. The lowest BCUT2D eigenvalue weighted by Gasteiger charge is -2.38. The molecule has 2 atom stereocenters. The van der Waals surface area contributed by atoms with Crippen molar-refractivity contribution in [3.05, 3.63) is 0 Å². The summed E-state index contributed by atoms with van der Waals surface area (Å²) in [5, 5.41) is 13.1. The summed E-state index contributed by atoms with van der Waals surface area (Å²) in [5.41, 5.74) is 0. The molecule has 2 saturated heterocycles. The number of hydrogen-bond acceptors (Lipinski definition) is 3. The van der Waals surface area contributed by atoms with E-state index in [0.717, 1.165) is 18.5 Å². The first kappa shape index (κ1) is 13.3. The van der Waals surface area contributed by atoms with Crippen LogP contribution in [0.2, 0.25) is 0 Å². The molecule has 0 saturated carbocycles. The first-order chi connectivity index (χ1) is 8.27. The van der Waals surface area contributed by atoms with Crippen LogP contribution in [0.25, 0.3) is 0 Å². The summed E-state index contributed by atoms with van der Waals surface area (Å²) in [7, 11) is 0. The fraction of sp³-hybridized carbons (Fsp3) is 1.00. The smallest absolute Gasteiger partial charge is 0.0639 e. The summed E-state index contributed by atoms with van der Waals surface area (Å²) >= 11 is 0. The Labute approximate surface area is 106 Å². The normalized spacial score (nSPS) is 31.1. The molecule has 0 aromatic rings. The Hall–Kier alpha value is -0.120. The second-order valence-electron chi connectivity index (χ2n) is 5.85. The van der Waals surface area contributed by atoms with E-state index in [1.54, 1.807) is 0 Å². The van der Waals surface area contributed by atoms with Crippen molar-refractivity contribution in [2.24, 2.45) is 5.92 Å². The third-order valence-corrected chi connectivity index (χ3v) is 4.34. The third kappa shape index (κ3) is 3.94. The van der Waals surface area contributed by atoms with E-state index in [-0.39, 0.29) is 6.10 Å². The van der Waals surface area contributed by atoms with Gasteiger partial charge in [-0.2, -0.15) is 0 Å². The summed E-state index contributed by atoms with van der Waals surface area (Å²) in [6, 6.07) is 0.731. The van der Waals surface area contributed by atoms with Gasteiger partial charge in [0, 0.05) is 12.6 Å². The molecule has 0 radical (unpaired) electrons. The Morgan fingerprint density at radius 2 is 1.94 bits per heavy atom. The lowest BCUT2D eigenvalue weighted by atomic mass is 9.86. The van der Waals surface area contributed by atoms with Crippen LogP contribution in [0.4, 0.5) is 0 Å². The first-order valence-corrected chi connectivity index (χ1v) is 7.40. The van der Waals surface area contributed by atoms with Crippen molar-refractivity contribution >= 4 is 0 Å². The molecule has 100 valence electrons. The van der Waals surface area contributed by atoms with Crippen molar-refractivity contribution in [2.75, 3.05) is 26.2 Å². The number of aliphatic hydroxyl groups is 1. The topological polar surface area (TPSA) is 35.5 Å². The van der Waals surface area contributed by atoms with Crippen molar-refractivity contribution in [2.45, 2.75) is 57.6 Å². The maximum absolute atomic E-state index is 9.66. The Morgan fingerprint density at radius 3 is 2.65 bits per heavy atom. The quantitative estimate of drug-likeness (QED) is 0.787. The average molecular weight is 240 g/mol. The van der Waals surface area contributed by atoms with Gasteiger partial charge in [0.2, 0.25) is 0 Å². The van der Waals surface area contributed by atoms with Gasteiger partial charge in [-0.1, -0.05) is 12.8 Å². The number of hydrogen-bond donors (Lipinski definition) is 2. The van der Waals surface area contributed by atoms with Crippen molar-refractivity contribution < 1.29 is 5.11 Å². The van der Waals surface area contributed by atoms with Gasteiger partial charge in [0.05, 0.1) is 6.10 Å². The standard InChI is InChI=1S/C14H28N2O/c1-12(17)11-16-10-4-2-3-5-14(16)13-6-8-15-9-7-13/h12-15,17H,2-11H2,1H3. The van der Waals surface area contributed by atoms with E-state index in [4.69, 9.17) is 0 Å². The molecule has 17 heavy (non-hydrogen) atoms. The van der Waals surface area contributed by atoms with E-state index >= 15 is 0 Å². The zero-order valence-electron chi connectivity index (χ0n) is 11.2. The number of piperidine rings is 1. The zero-order chi connectivity index (χ0) is 12.1. The van der Waals surface area contributed by atoms with E-state index in [1.165, 1.54) is 58.2 Å². The number of likely N-dealkylation sites (tertiary alicyclic amines) is 1. The zero-order valence-corrected chi connectivity index (χ0v) is 11.2. The Bertz CT molecular complexity index is 214. The molecule has 3 heteroatoms. The number of nitrogens with one attached hydrogen (secondary N) is 1. The van der Waals surface area contributed by atoms with Crippen molar-refractivity contribution in [3.8, 4) is 0 Å². The largest absolute Gasteiger partial charge is 0.392 e. The number of rotatable bonds is 3. The van der Waals surface area contributed by atoms with Gasteiger partial charge in [-0.15, -0.1) is 0 Å². The molecule has 3 nitrogen and oxygen atoms in total. The summed E-state index contributed by atoms with van der Waals surface area (Å²) in [6.45, 7) is 6.35. The predicted molar refractivity (Wildman–Crippen MR) is 71.1 cm³/mol. The fourth-order valence-corrected chi connectivity index (χ4v) is 3.52. The van der Waals surface area contributed by atoms with E-state index in [9.17, 15) is 5.11 Å². The fourth-order valence-electron chi connectivity index (χ4n) is 3.52. The molecule has 0 amide bonds. The molecular formula is C14H28N2O. The van der Waals surface area contributed by atoms with Crippen LogP contribution in [0.5, 0.6) is 0 Å². The second kappa shape index (κ2) is 6.72. The average Bonchev–Trinajstić information content (AvgIpc) is 2.55. The van der Waals surface area contributed by atoms with Crippen LogP contribution in [0.1, 0.15) is 45.4 Å². The van der Waals surface area contributed by atoms with Gasteiger partial charge >= 0.3 is 0 Å². The minimum Gasteiger partial charge on any atom is -0.392 e. The Kier molecular flexibility index (Phi) is 5.26. The molecule has 0 bridgehead atoms. The summed E-state index contributed by atoms with van der Waals surface area (Å²) < 4.78 is 0.